The molecule has 3 atom stereocenters. The third-order valence-electron chi connectivity index (χ3n) is 11.3. The Morgan fingerprint density at radius 1 is 0.537 bits per heavy atom. The maximum atomic E-state index is 13.4. The minimum absolute atomic E-state index is 0.0253. The molecule has 67 heavy (non-hydrogen) atoms. The van der Waals surface area contributed by atoms with Gasteiger partial charge in [0.1, 0.15) is 19.3 Å². The first-order valence-corrected chi connectivity index (χ1v) is 28.4. The van der Waals surface area contributed by atoms with Gasteiger partial charge in [-0.05, 0) is 96.0 Å². The summed E-state index contributed by atoms with van der Waals surface area (Å²) in [6.45, 7) is 6.81. The van der Waals surface area contributed by atoms with Crippen molar-refractivity contribution in [3.8, 4) is 0 Å². The predicted molar refractivity (Wildman–Crippen MR) is 286 cm³/mol. The number of esters is 1. The number of carbonyl (C=O) groups excluding carboxylic acids is 2. The van der Waals surface area contributed by atoms with E-state index in [0.29, 0.717) is 30.3 Å². The van der Waals surface area contributed by atoms with E-state index in [0.717, 1.165) is 83.5 Å². The van der Waals surface area contributed by atoms with Gasteiger partial charge in [0.15, 0.2) is 0 Å². The maximum Gasteiger partial charge on any atom is 0.472 e. The summed E-state index contributed by atoms with van der Waals surface area (Å²) < 4.78 is 30.4. The van der Waals surface area contributed by atoms with Crippen molar-refractivity contribution in [3.63, 3.8) is 0 Å². The normalized spacial score (nSPS) is 14.6. The summed E-state index contributed by atoms with van der Waals surface area (Å²) in [7, 11) is 1.44. The highest BCUT2D eigenvalue weighted by molar-refractivity contribution is 7.47. The number of likely N-dealkylation sites (N-methyl/N-ethyl adjacent to an activating group) is 1. The Morgan fingerprint density at radius 3 is 1.48 bits per heavy atom. The number of hydrogen-bond acceptors (Lipinski definition) is 6. The number of rotatable bonds is 47. The molecule has 0 rings (SSSR count). The van der Waals surface area contributed by atoms with Gasteiger partial charge in [-0.3, -0.25) is 18.6 Å². The van der Waals surface area contributed by atoms with Crippen LogP contribution in [0.5, 0.6) is 0 Å². The van der Waals surface area contributed by atoms with Crippen LogP contribution in [0.3, 0.4) is 0 Å². The molecule has 0 bridgehead atoms. The van der Waals surface area contributed by atoms with Crippen molar-refractivity contribution in [2.75, 3.05) is 40.9 Å². The SMILES string of the molecule is CC/C=C\C/C=C\C/C=C\C/C=C\C/C=C\CCCC(=O)OC(/C=C/CCCCCCCCCCC)C(COP(=O)(O)OCC[N+](C)(C)C)NC(=O)CCCCC/C=C\CCCCCCCC. The lowest BCUT2D eigenvalue weighted by Gasteiger charge is -2.27. The zero-order valence-corrected chi connectivity index (χ0v) is 44.8. The van der Waals surface area contributed by atoms with Crippen LogP contribution in [0.1, 0.15) is 213 Å². The number of quaternary nitrogens is 1. The van der Waals surface area contributed by atoms with Crippen molar-refractivity contribution in [2.45, 2.75) is 226 Å². The molecule has 2 N–H and O–H groups in total. The Hall–Kier alpha value is -2.81. The van der Waals surface area contributed by atoms with Crippen molar-refractivity contribution in [3.05, 3.63) is 85.1 Å². The minimum Gasteiger partial charge on any atom is -0.456 e. The van der Waals surface area contributed by atoms with Crippen LogP contribution < -0.4 is 5.32 Å². The molecule has 0 aliphatic carbocycles. The van der Waals surface area contributed by atoms with Gasteiger partial charge in [-0.15, -0.1) is 0 Å². The van der Waals surface area contributed by atoms with Crippen LogP contribution in [-0.2, 0) is 27.9 Å². The first kappa shape index (κ1) is 64.2. The van der Waals surface area contributed by atoms with Crippen LogP contribution in [0.2, 0.25) is 0 Å². The maximum absolute atomic E-state index is 13.4. The first-order chi connectivity index (χ1) is 32.4. The summed E-state index contributed by atoms with van der Waals surface area (Å²) >= 11 is 0. The summed E-state index contributed by atoms with van der Waals surface area (Å²) in [6.07, 6.45) is 60.2. The molecule has 0 saturated heterocycles. The number of hydrogen-bond donors (Lipinski definition) is 2. The number of allylic oxidation sites excluding steroid dienone is 13. The quantitative estimate of drug-likeness (QED) is 0.0205. The highest BCUT2D eigenvalue weighted by Crippen LogP contribution is 2.43. The lowest BCUT2D eigenvalue weighted by atomic mass is 10.1. The second-order valence-corrected chi connectivity index (χ2v) is 20.5. The summed E-state index contributed by atoms with van der Waals surface area (Å²) in [4.78, 5) is 37.4. The van der Waals surface area contributed by atoms with Crippen LogP contribution in [0.15, 0.2) is 85.1 Å². The number of nitrogens with zero attached hydrogens (tertiary/aromatic N) is 1. The fourth-order valence-corrected chi connectivity index (χ4v) is 7.88. The molecule has 1 amide bonds. The van der Waals surface area contributed by atoms with Gasteiger partial charge in [0.2, 0.25) is 5.91 Å². The van der Waals surface area contributed by atoms with Gasteiger partial charge in [-0.25, -0.2) is 4.57 Å². The summed E-state index contributed by atoms with van der Waals surface area (Å²) in [5.74, 6) is -0.599. The van der Waals surface area contributed by atoms with Crippen LogP contribution in [0, 0.1) is 0 Å². The van der Waals surface area contributed by atoms with Gasteiger partial charge < -0.3 is 19.4 Å². The fraction of sp³-hybridized carbons (Fsp3) is 0.719. The van der Waals surface area contributed by atoms with E-state index in [4.69, 9.17) is 13.8 Å². The Kier molecular flexibility index (Phi) is 44.9. The highest BCUT2D eigenvalue weighted by atomic mass is 31.2. The van der Waals surface area contributed by atoms with E-state index < -0.39 is 20.0 Å². The number of carbonyl (C=O) groups is 2. The average molecular weight is 958 g/mol. The Morgan fingerprint density at radius 2 is 0.970 bits per heavy atom. The van der Waals surface area contributed by atoms with Crippen LogP contribution in [-0.4, -0.2) is 74.3 Å². The Labute approximate surface area is 412 Å². The summed E-state index contributed by atoms with van der Waals surface area (Å²) in [5, 5.41) is 3.01. The van der Waals surface area contributed by atoms with E-state index in [1.807, 2.05) is 33.3 Å². The monoisotopic (exact) mass is 958 g/mol. The van der Waals surface area contributed by atoms with E-state index in [1.54, 1.807) is 0 Å². The Bertz CT molecular complexity index is 1430. The van der Waals surface area contributed by atoms with Crippen molar-refractivity contribution in [2.24, 2.45) is 0 Å². The van der Waals surface area contributed by atoms with Gasteiger partial charge >= 0.3 is 13.8 Å². The molecule has 9 nitrogen and oxygen atoms in total. The van der Waals surface area contributed by atoms with Gasteiger partial charge in [0, 0.05) is 12.8 Å². The van der Waals surface area contributed by atoms with E-state index in [9.17, 15) is 19.0 Å². The second-order valence-electron chi connectivity index (χ2n) is 19.0. The molecule has 0 aromatic heterocycles. The van der Waals surface area contributed by atoms with Crippen molar-refractivity contribution < 1.29 is 37.3 Å². The predicted octanol–water partition coefficient (Wildman–Crippen LogP) is 15.9. The van der Waals surface area contributed by atoms with Crippen LogP contribution >= 0.6 is 7.82 Å². The zero-order valence-electron chi connectivity index (χ0n) is 43.9. The molecule has 0 aliphatic heterocycles. The molecule has 0 spiro atoms. The molecule has 0 fully saturated rings. The molecular weight excluding hydrogens is 856 g/mol. The molecule has 0 aliphatic rings. The minimum atomic E-state index is -4.46. The van der Waals surface area contributed by atoms with E-state index in [2.05, 4.69) is 99.0 Å². The van der Waals surface area contributed by atoms with Gasteiger partial charge in [0.05, 0.1) is 33.8 Å². The van der Waals surface area contributed by atoms with Crippen molar-refractivity contribution >= 4 is 19.7 Å². The van der Waals surface area contributed by atoms with Crippen LogP contribution in [0.4, 0.5) is 0 Å². The Balaban J connectivity index is 5.51. The number of phosphoric ester groups is 1. The van der Waals surface area contributed by atoms with E-state index >= 15 is 0 Å². The molecule has 0 radical (unpaired) electrons. The second kappa shape index (κ2) is 46.9. The molecular formula is C57H102N2O7P+. The first-order valence-electron chi connectivity index (χ1n) is 26.9. The fourth-order valence-electron chi connectivity index (χ4n) is 7.14. The summed E-state index contributed by atoms with van der Waals surface area (Å²) in [6, 6.07) is -0.880. The van der Waals surface area contributed by atoms with Gasteiger partial charge in [0.25, 0.3) is 0 Å². The van der Waals surface area contributed by atoms with Crippen molar-refractivity contribution in [1.29, 1.82) is 0 Å². The topological polar surface area (TPSA) is 111 Å². The van der Waals surface area contributed by atoms with E-state index in [-0.39, 0.29) is 31.5 Å². The molecule has 0 aromatic rings. The average Bonchev–Trinajstić information content (AvgIpc) is 3.28. The van der Waals surface area contributed by atoms with E-state index in [1.165, 1.54) is 83.5 Å². The highest BCUT2D eigenvalue weighted by Gasteiger charge is 2.30. The van der Waals surface area contributed by atoms with Crippen LogP contribution in [0.25, 0.3) is 0 Å². The van der Waals surface area contributed by atoms with Crippen molar-refractivity contribution in [1.82, 2.24) is 5.32 Å². The molecule has 386 valence electrons. The number of amides is 1. The third kappa shape index (κ3) is 48.0. The lowest BCUT2D eigenvalue weighted by Crippen LogP contribution is -2.47. The number of phosphoric acid groups is 1. The molecule has 0 heterocycles. The number of unbranched alkanes of at least 4 members (excludes halogenated alkanes) is 19. The molecule has 0 saturated carbocycles. The molecule has 0 aromatic carbocycles. The number of ether oxygens (including phenoxy) is 1. The molecule has 3 unspecified atom stereocenters. The van der Waals surface area contributed by atoms with Gasteiger partial charge in [-0.1, -0.05) is 190 Å². The smallest absolute Gasteiger partial charge is 0.456 e. The third-order valence-corrected chi connectivity index (χ3v) is 12.3. The zero-order chi connectivity index (χ0) is 49.4. The standard InChI is InChI=1S/C57H101N2O7P/c1-7-10-13-16-19-22-25-27-28-29-30-32-35-38-41-44-47-50-57(61)66-55(48-45-42-39-36-33-24-21-18-15-12-9-3)54(53-65-67(62,63)64-52-51-59(4,5)6)58-56(60)49-46-43-40-37-34-31-26-23-20-17-14-11-8-2/h10,13,19,22,27-28,30-32,34,38,41,45,48,54-55H,7-9,11-12,14-18,20-21,23-26,29,33,35-37,39-40,42-44,46-47,49-53H2,1-6H3,(H-,58,60,62,63)/p+1/b13-10-,22-19-,28-27-,32-30-,34-31-,41-38-,48-45+. The summed E-state index contributed by atoms with van der Waals surface area (Å²) in [5.41, 5.74) is 0. The largest absolute Gasteiger partial charge is 0.472 e. The number of nitrogens with one attached hydrogen (secondary N) is 1. The van der Waals surface area contributed by atoms with Gasteiger partial charge in [-0.2, -0.15) is 0 Å². The molecule has 10 heteroatoms. The lowest BCUT2D eigenvalue weighted by molar-refractivity contribution is -0.870.